The van der Waals surface area contributed by atoms with Crippen LogP contribution >= 0.6 is 0 Å². The van der Waals surface area contributed by atoms with E-state index in [0.29, 0.717) is 5.54 Å². The lowest BCUT2D eigenvalue weighted by molar-refractivity contribution is 0.183. The number of hydrogen-bond acceptors (Lipinski definition) is 2. The molecule has 3 aliphatic rings. The van der Waals surface area contributed by atoms with Gasteiger partial charge in [0.2, 0.25) is 0 Å². The van der Waals surface area contributed by atoms with E-state index in [-0.39, 0.29) is 0 Å². The maximum Gasteiger partial charge on any atom is 0.0308 e. The van der Waals surface area contributed by atoms with Gasteiger partial charge in [0.25, 0.3) is 0 Å². The van der Waals surface area contributed by atoms with Gasteiger partial charge in [-0.25, -0.2) is 0 Å². The van der Waals surface area contributed by atoms with Gasteiger partial charge in [0.05, 0.1) is 0 Å². The van der Waals surface area contributed by atoms with Gasteiger partial charge in [0.1, 0.15) is 0 Å². The molecule has 0 aromatic rings. The minimum absolute atomic E-state index is 0.498. The van der Waals surface area contributed by atoms with Crippen LogP contribution in [0.4, 0.5) is 0 Å². The molecule has 3 fully saturated rings. The number of nitrogens with one attached hydrogen (secondary N) is 1. The van der Waals surface area contributed by atoms with E-state index in [1.165, 1.54) is 90.4 Å². The van der Waals surface area contributed by atoms with E-state index in [1.807, 2.05) is 0 Å². The summed E-state index contributed by atoms with van der Waals surface area (Å²) in [5.41, 5.74) is 0.498. The standard InChI is InChI=1S/C18H34N2/c1-16-5-7-17(8-6-16)9-14-20-13-4-12-19-18(15-20)10-2-3-11-18/h16-17,19H,2-15H2,1H3. The maximum atomic E-state index is 3.89. The molecular formula is C18H34N2. The molecule has 1 heterocycles. The zero-order valence-electron chi connectivity index (χ0n) is 13.5. The van der Waals surface area contributed by atoms with Gasteiger partial charge in [-0.3, -0.25) is 0 Å². The Morgan fingerprint density at radius 3 is 2.55 bits per heavy atom. The molecule has 1 saturated heterocycles. The van der Waals surface area contributed by atoms with Crippen molar-refractivity contribution in [3.05, 3.63) is 0 Å². The third kappa shape index (κ3) is 3.76. The number of rotatable bonds is 3. The SMILES string of the molecule is CC1CCC(CCN2CCCNC3(CCCC3)C2)CC1. The zero-order valence-corrected chi connectivity index (χ0v) is 13.5. The van der Waals surface area contributed by atoms with Crippen LogP contribution in [0, 0.1) is 11.8 Å². The van der Waals surface area contributed by atoms with Crippen molar-refractivity contribution in [1.82, 2.24) is 10.2 Å². The largest absolute Gasteiger partial charge is 0.310 e. The summed E-state index contributed by atoms with van der Waals surface area (Å²) in [7, 11) is 0. The van der Waals surface area contributed by atoms with Crippen molar-refractivity contribution in [2.24, 2.45) is 11.8 Å². The molecule has 1 N–H and O–H groups in total. The normalized spacial score (nSPS) is 35.2. The van der Waals surface area contributed by atoms with Gasteiger partial charge in [-0.15, -0.1) is 0 Å². The Kier molecular flexibility index (Phi) is 5.04. The summed E-state index contributed by atoms with van der Waals surface area (Å²) in [5, 5.41) is 3.89. The van der Waals surface area contributed by atoms with Crippen LogP contribution in [0.15, 0.2) is 0 Å². The Morgan fingerprint density at radius 2 is 1.80 bits per heavy atom. The van der Waals surface area contributed by atoms with Crippen LogP contribution in [0.3, 0.4) is 0 Å². The van der Waals surface area contributed by atoms with Crippen LogP contribution in [0.25, 0.3) is 0 Å². The van der Waals surface area contributed by atoms with Crippen molar-refractivity contribution in [1.29, 1.82) is 0 Å². The van der Waals surface area contributed by atoms with Gasteiger partial charge < -0.3 is 10.2 Å². The van der Waals surface area contributed by atoms with E-state index in [0.717, 1.165) is 11.8 Å². The summed E-state index contributed by atoms with van der Waals surface area (Å²) >= 11 is 0. The first-order valence-corrected chi connectivity index (χ1v) is 9.23. The van der Waals surface area contributed by atoms with Gasteiger partial charge in [-0.2, -0.15) is 0 Å². The molecule has 0 aromatic carbocycles. The van der Waals surface area contributed by atoms with E-state index in [2.05, 4.69) is 17.1 Å². The second-order valence-electron chi connectivity index (χ2n) is 7.96. The van der Waals surface area contributed by atoms with Crippen LogP contribution in [-0.4, -0.2) is 36.6 Å². The highest BCUT2D eigenvalue weighted by molar-refractivity contribution is 4.96. The van der Waals surface area contributed by atoms with E-state index in [1.54, 1.807) is 0 Å². The lowest BCUT2D eigenvalue weighted by atomic mass is 9.81. The van der Waals surface area contributed by atoms with E-state index >= 15 is 0 Å². The molecule has 3 rings (SSSR count). The van der Waals surface area contributed by atoms with Crippen LogP contribution < -0.4 is 5.32 Å². The summed E-state index contributed by atoms with van der Waals surface area (Å²) in [6, 6.07) is 0. The second-order valence-corrected chi connectivity index (χ2v) is 7.96. The van der Waals surface area contributed by atoms with Gasteiger partial charge in [0, 0.05) is 12.1 Å². The van der Waals surface area contributed by atoms with E-state index in [9.17, 15) is 0 Å². The molecule has 1 aliphatic heterocycles. The average Bonchev–Trinajstić information content (AvgIpc) is 2.80. The summed E-state index contributed by atoms with van der Waals surface area (Å²) < 4.78 is 0. The first-order valence-electron chi connectivity index (χ1n) is 9.23. The van der Waals surface area contributed by atoms with Crippen molar-refractivity contribution in [2.45, 2.75) is 76.7 Å². The highest BCUT2D eigenvalue weighted by Crippen LogP contribution is 2.33. The molecule has 2 saturated carbocycles. The van der Waals surface area contributed by atoms with Gasteiger partial charge in [-0.1, -0.05) is 45.4 Å². The third-order valence-corrected chi connectivity index (χ3v) is 6.23. The Morgan fingerprint density at radius 1 is 1.05 bits per heavy atom. The first kappa shape index (κ1) is 14.8. The highest BCUT2D eigenvalue weighted by Gasteiger charge is 2.36. The lowest BCUT2D eigenvalue weighted by Gasteiger charge is -2.34. The zero-order chi connectivity index (χ0) is 13.8. The predicted molar refractivity (Wildman–Crippen MR) is 86.0 cm³/mol. The Labute approximate surface area is 125 Å². The summed E-state index contributed by atoms with van der Waals surface area (Å²) in [5.74, 6) is 2.03. The minimum atomic E-state index is 0.498. The van der Waals surface area contributed by atoms with Crippen molar-refractivity contribution in [3.63, 3.8) is 0 Å². The fraction of sp³-hybridized carbons (Fsp3) is 1.00. The monoisotopic (exact) mass is 278 g/mol. The van der Waals surface area contributed by atoms with Crippen LogP contribution in [0.1, 0.15) is 71.1 Å². The average molecular weight is 278 g/mol. The molecule has 2 nitrogen and oxygen atoms in total. The van der Waals surface area contributed by atoms with Gasteiger partial charge in [0.15, 0.2) is 0 Å². The molecular weight excluding hydrogens is 244 g/mol. The Hall–Kier alpha value is -0.0800. The summed E-state index contributed by atoms with van der Waals surface area (Å²) in [6.45, 7) is 7.70. The van der Waals surface area contributed by atoms with Crippen molar-refractivity contribution >= 4 is 0 Å². The predicted octanol–water partition coefficient (Wildman–Crippen LogP) is 3.81. The molecule has 116 valence electrons. The van der Waals surface area contributed by atoms with Crippen molar-refractivity contribution in [3.8, 4) is 0 Å². The van der Waals surface area contributed by atoms with Crippen LogP contribution in [-0.2, 0) is 0 Å². The maximum absolute atomic E-state index is 3.89. The fourth-order valence-corrected chi connectivity index (χ4v) is 4.78. The molecule has 0 atom stereocenters. The molecule has 0 aromatic heterocycles. The molecule has 1 spiro atoms. The molecule has 20 heavy (non-hydrogen) atoms. The third-order valence-electron chi connectivity index (χ3n) is 6.23. The molecule has 0 bridgehead atoms. The fourth-order valence-electron chi connectivity index (χ4n) is 4.78. The molecule has 0 radical (unpaired) electrons. The number of hydrogen-bond donors (Lipinski definition) is 1. The summed E-state index contributed by atoms with van der Waals surface area (Å²) in [4.78, 5) is 2.79. The Bertz CT molecular complexity index is 288. The Balaban J connectivity index is 1.46. The molecule has 2 heteroatoms. The minimum Gasteiger partial charge on any atom is -0.310 e. The molecule has 0 amide bonds. The van der Waals surface area contributed by atoms with Crippen molar-refractivity contribution in [2.75, 3.05) is 26.2 Å². The smallest absolute Gasteiger partial charge is 0.0308 e. The highest BCUT2D eigenvalue weighted by atomic mass is 15.2. The summed E-state index contributed by atoms with van der Waals surface area (Å²) in [6.07, 6.45) is 14.5. The van der Waals surface area contributed by atoms with Gasteiger partial charge in [-0.05, 0) is 57.2 Å². The molecule has 2 aliphatic carbocycles. The van der Waals surface area contributed by atoms with Crippen molar-refractivity contribution < 1.29 is 0 Å². The van der Waals surface area contributed by atoms with Crippen LogP contribution in [0.2, 0.25) is 0 Å². The lowest BCUT2D eigenvalue weighted by Crippen LogP contribution is -2.49. The van der Waals surface area contributed by atoms with E-state index < -0.39 is 0 Å². The van der Waals surface area contributed by atoms with Crippen LogP contribution in [0.5, 0.6) is 0 Å². The van der Waals surface area contributed by atoms with Gasteiger partial charge >= 0.3 is 0 Å². The second kappa shape index (κ2) is 6.79. The first-order chi connectivity index (χ1) is 9.76. The van der Waals surface area contributed by atoms with E-state index in [4.69, 9.17) is 0 Å². The number of nitrogens with zero attached hydrogens (tertiary/aromatic N) is 1. The molecule has 0 unspecified atom stereocenters. The quantitative estimate of drug-likeness (QED) is 0.844. The topological polar surface area (TPSA) is 15.3 Å².